The first-order valence-electron chi connectivity index (χ1n) is 6.02. The maximum atomic E-state index is 11.8. The lowest BCUT2D eigenvalue weighted by Crippen LogP contribution is -2.37. The second-order valence-corrected chi connectivity index (χ2v) is 4.10. The first-order valence-corrected chi connectivity index (χ1v) is 6.02. The molecule has 2 rings (SSSR count). The normalized spacial score (nSPS) is 11.4. The second-order valence-electron chi connectivity index (χ2n) is 4.10. The minimum absolute atomic E-state index is 0.448. The van der Waals surface area contributed by atoms with Crippen LogP contribution < -0.4 is 16.0 Å². The second kappa shape index (κ2) is 6.49. The lowest BCUT2D eigenvalue weighted by molar-refractivity contribution is -0.128. The SMILES string of the molecule is NNC(=O)C(Oc1ccc(C=O)cc1)c1ccccc1. The van der Waals surface area contributed by atoms with Crippen LogP contribution in [-0.4, -0.2) is 12.2 Å². The molecule has 0 aliphatic rings. The van der Waals surface area contributed by atoms with Crippen molar-refractivity contribution in [3.63, 3.8) is 0 Å². The van der Waals surface area contributed by atoms with E-state index >= 15 is 0 Å². The van der Waals surface area contributed by atoms with Crippen LogP contribution in [0.4, 0.5) is 0 Å². The van der Waals surface area contributed by atoms with Crippen molar-refractivity contribution in [2.75, 3.05) is 0 Å². The quantitative estimate of drug-likeness (QED) is 0.374. The fourth-order valence-electron chi connectivity index (χ4n) is 1.74. The number of nitrogens with one attached hydrogen (secondary N) is 1. The van der Waals surface area contributed by atoms with Crippen LogP contribution in [0.15, 0.2) is 54.6 Å². The molecule has 0 saturated heterocycles. The van der Waals surface area contributed by atoms with E-state index in [1.54, 1.807) is 36.4 Å². The smallest absolute Gasteiger partial charge is 0.279 e. The van der Waals surface area contributed by atoms with Gasteiger partial charge in [0.05, 0.1) is 0 Å². The molecule has 5 nitrogen and oxygen atoms in total. The molecule has 2 aromatic rings. The summed E-state index contributed by atoms with van der Waals surface area (Å²) in [6.07, 6.45) is -0.103. The first-order chi connectivity index (χ1) is 9.74. The number of carbonyl (C=O) groups excluding carboxylic acids is 2. The third-order valence-electron chi connectivity index (χ3n) is 2.75. The molecule has 2 aromatic carbocycles. The molecule has 1 atom stereocenters. The van der Waals surface area contributed by atoms with Gasteiger partial charge in [-0.15, -0.1) is 0 Å². The maximum absolute atomic E-state index is 11.8. The van der Waals surface area contributed by atoms with E-state index in [0.29, 0.717) is 16.9 Å². The summed E-state index contributed by atoms with van der Waals surface area (Å²) in [6.45, 7) is 0. The average Bonchev–Trinajstić information content (AvgIpc) is 2.53. The number of hydrazine groups is 1. The molecule has 5 heteroatoms. The molecule has 0 spiro atoms. The molecule has 0 bridgehead atoms. The fourth-order valence-corrected chi connectivity index (χ4v) is 1.74. The highest BCUT2D eigenvalue weighted by Crippen LogP contribution is 2.22. The Hall–Kier alpha value is -2.66. The van der Waals surface area contributed by atoms with Gasteiger partial charge in [0, 0.05) is 11.1 Å². The highest BCUT2D eigenvalue weighted by molar-refractivity contribution is 5.82. The lowest BCUT2D eigenvalue weighted by Gasteiger charge is -2.17. The van der Waals surface area contributed by atoms with Crippen molar-refractivity contribution < 1.29 is 14.3 Å². The molecule has 3 N–H and O–H groups in total. The van der Waals surface area contributed by atoms with Gasteiger partial charge in [-0.3, -0.25) is 15.0 Å². The van der Waals surface area contributed by atoms with E-state index in [0.717, 1.165) is 6.29 Å². The Kier molecular flexibility index (Phi) is 4.47. The molecule has 1 amide bonds. The zero-order valence-electron chi connectivity index (χ0n) is 10.7. The van der Waals surface area contributed by atoms with Gasteiger partial charge in [-0.1, -0.05) is 30.3 Å². The molecule has 0 aliphatic carbocycles. The van der Waals surface area contributed by atoms with Gasteiger partial charge in [-0.2, -0.15) is 0 Å². The number of ether oxygens (including phenoxy) is 1. The first kappa shape index (κ1) is 13.8. The highest BCUT2D eigenvalue weighted by Gasteiger charge is 2.21. The zero-order chi connectivity index (χ0) is 14.4. The summed E-state index contributed by atoms with van der Waals surface area (Å²) in [5, 5.41) is 0. The van der Waals surface area contributed by atoms with Crippen molar-refractivity contribution in [2.24, 2.45) is 5.84 Å². The van der Waals surface area contributed by atoms with Crippen LogP contribution in [0.1, 0.15) is 22.0 Å². The third-order valence-corrected chi connectivity index (χ3v) is 2.75. The molecule has 1 unspecified atom stereocenters. The zero-order valence-corrected chi connectivity index (χ0v) is 10.7. The molecular weight excluding hydrogens is 256 g/mol. The van der Waals surface area contributed by atoms with E-state index in [1.165, 1.54) is 0 Å². The van der Waals surface area contributed by atoms with Gasteiger partial charge < -0.3 is 4.74 Å². The topological polar surface area (TPSA) is 81.4 Å². The molecular formula is C15H14N2O3. The summed E-state index contributed by atoms with van der Waals surface area (Å²) in [6, 6.07) is 15.5. The van der Waals surface area contributed by atoms with Gasteiger partial charge >= 0.3 is 0 Å². The van der Waals surface area contributed by atoms with Crippen molar-refractivity contribution in [3.8, 4) is 5.75 Å². The van der Waals surface area contributed by atoms with Crippen molar-refractivity contribution in [2.45, 2.75) is 6.10 Å². The van der Waals surface area contributed by atoms with Crippen LogP contribution in [0.25, 0.3) is 0 Å². The van der Waals surface area contributed by atoms with E-state index in [1.807, 2.05) is 18.2 Å². The van der Waals surface area contributed by atoms with Crippen molar-refractivity contribution in [3.05, 3.63) is 65.7 Å². The Bertz CT molecular complexity index is 582. The minimum atomic E-state index is -0.844. The predicted octanol–water partition coefficient (Wildman–Crippen LogP) is 1.61. The lowest BCUT2D eigenvalue weighted by atomic mass is 10.1. The molecule has 20 heavy (non-hydrogen) atoms. The Morgan fingerprint density at radius 3 is 2.30 bits per heavy atom. The van der Waals surface area contributed by atoms with Gasteiger partial charge in [0.1, 0.15) is 12.0 Å². The number of rotatable bonds is 5. The third kappa shape index (κ3) is 3.21. The number of hydrogen-bond acceptors (Lipinski definition) is 4. The molecule has 0 fully saturated rings. The van der Waals surface area contributed by atoms with Gasteiger partial charge in [-0.05, 0) is 24.3 Å². The van der Waals surface area contributed by atoms with Crippen LogP contribution in [0.3, 0.4) is 0 Å². The summed E-state index contributed by atoms with van der Waals surface area (Å²) < 4.78 is 5.64. The number of carbonyl (C=O) groups is 2. The van der Waals surface area contributed by atoms with Crippen molar-refractivity contribution in [1.29, 1.82) is 0 Å². The van der Waals surface area contributed by atoms with Crippen LogP contribution in [-0.2, 0) is 4.79 Å². The number of aldehydes is 1. The van der Waals surface area contributed by atoms with E-state index < -0.39 is 12.0 Å². The Morgan fingerprint density at radius 2 is 1.75 bits per heavy atom. The molecule has 0 heterocycles. The summed E-state index contributed by atoms with van der Waals surface area (Å²) in [4.78, 5) is 22.4. The van der Waals surface area contributed by atoms with Crippen LogP contribution in [0.2, 0.25) is 0 Å². The van der Waals surface area contributed by atoms with Crippen LogP contribution in [0, 0.1) is 0 Å². The number of hydrogen-bond donors (Lipinski definition) is 2. The van der Waals surface area contributed by atoms with Gasteiger partial charge in [0.2, 0.25) is 6.10 Å². The maximum Gasteiger partial charge on any atom is 0.279 e. The summed E-state index contributed by atoms with van der Waals surface area (Å²) in [7, 11) is 0. The van der Waals surface area contributed by atoms with E-state index in [4.69, 9.17) is 10.6 Å². The summed E-state index contributed by atoms with van der Waals surface area (Å²) >= 11 is 0. The van der Waals surface area contributed by atoms with E-state index in [2.05, 4.69) is 5.43 Å². The van der Waals surface area contributed by atoms with Crippen molar-refractivity contribution in [1.82, 2.24) is 5.43 Å². The molecule has 0 radical (unpaired) electrons. The largest absolute Gasteiger partial charge is 0.476 e. The molecule has 0 saturated carbocycles. The van der Waals surface area contributed by atoms with Gasteiger partial charge in [0.15, 0.2) is 0 Å². The predicted molar refractivity (Wildman–Crippen MR) is 74.0 cm³/mol. The Morgan fingerprint density at radius 1 is 1.10 bits per heavy atom. The standard InChI is InChI=1S/C15H14N2O3/c16-17-15(19)14(12-4-2-1-3-5-12)20-13-8-6-11(10-18)7-9-13/h1-10,14H,16H2,(H,17,19). The summed E-state index contributed by atoms with van der Waals surface area (Å²) in [5.74, 6) is 5.21. The Balaban J connectivity index is 2.23. The molecule has 102 valence electrons. The molecule has 0 aromatic heterocycles. The fraction of sp³-hybridized carbons (Fsp3) is 0.0667. The number of nitrogens with two attached hydrogens (primary N) is 1. The van der Waals surface area contributed by atoms with Gasteiger partial charge in [0.25, 0.3) is 5.91 Å². The van der Waals surface area contributed by atoms with E-state index in [-0.39, 0.29) is 0 Å². The molecule has 0 aliphatic heterocycles. The minimum Gasteiger partial charge on any atom is -0.476 e. The van der Waals surface area contributed by atoms with Gasteiger partial charge in [-0.25, -0.2) is 5.84 Å². The van der Waals surface area contributed by atoms with Crippen LogP contribution in [0.5, 0.6) is 5.75 Å². The van der Waals surface area contributed by atoms with Crippen LogP contribution >= 0.6 is 0 Å². The monoisotopic (exact) mass is 270 g/mol. The van der Waals surface area contributed by atoms with Crippen molar-refractivity contribution >= 4 is 12.2 Å². The Labute approximate surface area is 116 Å². The van der Waals surface area contributed by atoms with E-state index in [9.17, 15) is 9.59 Å². The number of benzene rings is 2. The highest BCUT2D eigenvalue weighted by atomic mass is 16.5. The average molecular weight is 270 g/mol. The summed E-state index contributed by atoms with van der Waals surface area (Å²) in [5.41, 5.74) is 3.31. The number of amides is 1.